The summed E-state index contributed by atoms with van der Waals surface area (Å²) in [5.41, 5.74) is 5.02. The summed E-state index contributed by atoms with van der Waals surface area (Å²) < 4.78 is 19.8. The molecule has 0 radical (unpaired) electrons. The summed E-state index contributed by atoms with van der Waals surface area (Å²) in [4.78, 5) is 10.5. The highest BCUT2D eigenvalue weighted by molar-refractivity contribution is 7.72. The fourth-order valence-corrected chi connectivity index (χ4v) is 0.678. The van der Waals surface area contributed by atoms with E-state index < -0.39 is 10.7 Å². The Morgan fingerprint density at radius 3 is 2.50 bits per heavy atom. The van der Waals surface area contributed by atoms with Gasteiger partial charge in [-0.15, -0.1) is 0 Å². The van der Waals surface area contributed by atoms with Crippen molar-refractivity contribution in [3.05, 3.63) is 0 Å². The van der Waals surface area contributed by atoms with Crippen LogP contribution < -0.4 is 11.1 Å². The average molecular weight is 166 g/mol. The predicted octanol–water partition coefficient (Wildman–Crippen LogP) is -1.98. The molecule has 0 aliphatic rings. The Morgan fingerprint density at radius 2 is 2.10 bits per heavy atom. The molecule has 0 atom stereocenters. The van der Waals surface area contributed by atoms with Crippen LogP contribution in [-0.4, -0.2) is 26.7 Å². The highest BCUT2D eigenvalue weighted by atomic mass is 32.2. The molecule has 0 saturated heterocycles. The van der Waals surface area contributed by atoms with E-state index in [2.05, 4.69) is 5.32 Å². The molecule has 0 fully saturated rings. The van der Waals surface area contributed by atoms with Crippen molar-refractivity contribution in [3.8, 4) is 0 Å². The standard InChI is InChI=1S/C4H10N2O3S/c5-2-1-4(7)6-3-10(8)9/h10H,1-3,5H2,(H,6,7). The van der Waals surface area contributed by atoms with E-state index in [-0.39, 0.29) is 24.7 Å². The Bertz CT molecular complexity index is 169. The van der Waals surface area contributed by atoms with Crippen molar-refractivity contribution >= 4 is 16.6 Å². The van der Waals surface area contributed by atoms with E-state index >= 15 is 0 Å². The molecule has 0 heterocycles. The Hall–Kier alpha value is -0.620. The number of rotatable bonds is 4. The van der Waals surface area contributed by atoms with E-state index in [4.69, 9.17) is 5.73 Å². The third-order valence-corrected chi connectivity index (χ3v) is 1.19. The SMILES string of the molecule is NCCC(=O)NC[SH](=O)=O. The molecule has 0 aliphatic heterocycles. The summed E-state index contributed by atoms with van der Waals surface area (Å²) in [5, 5.41) is 2.17. The van der Waals surface area contributed by atoms with Crippen molar-refractivity contribution in [3.63, 3.8) is 0 Å². The lowest BCUT2D eigenvalue weighted by Gasteiger charge is -1.96. The highest BCUT2D eigenvalue weighted by Gasteiger charge is 1.96. The smallest absolute Gasteiger partial charge is 0.222 e. The lowest BCUT2D eigenvalue weighted by atomic mass is 10.4. The quantitative estimate of drug-likeness (QED) is 0.422. The Morgan fingerprint density at radius 1 is 1.50 bits per heavy atom. The zero-order chi connectivity index (χ0) is 7.98. The topological polar surface area (TPSA) is 89.3 Å². The predicted molar refractivity (Wildman–Crippen MR) is 37.0 cm³/mol. The van der Waals surface area contributed by atoms with Crippen molar-refractivity contribution in [2.24, 2.45) is 5.73 Å². The number of thiol groups is 1. The zero-order valence-electron chi connectivity index (χ0n) is 5.37. The number of carbonyl (C=O) groups excluding carboxylic acids is 1. The largest absolute Gasteiger partial charge is 0.342 e. The van der Waals surface area contributed by atoms with Crippen LogP contribution in [0.15, 0.2) is 0 Å². The van der Waals surface area contributed by atoms with Crippen LogP contribution in [0.25, 0.3) is 0 Å². The van der Waals surface area contributed by atoms with Gasteiger partial charge in [-0.1, -0.05) is 0 Å². The van der Waals surface area contributed by atoms with Crippen LogP contribution in [-0.2, 0) is 15.5 Å². The number of nitrogens with two attached hydrogens (primary N) is 1. The van der Waals surface area contributed by atoms with Crippen LogP contribution in [0.1, 0.15) is 6.42 Å². The van der Waals surface area contributed by atoms with Crippen LogP contribution in [0, 0.1) is 0 Å². The number of hydrogen-bond acceptors (Lipinski definition) is 4. The minimum Gasteiger partial charge on any atom is -0.342 e. The van der Waals surface area contributed by atoms with Gasteiger partial charge in [0.25, 0.3) is 0 Å². The van der Waals surface area contributed by atoms with Gasteiger partial charge in [0, 0.05) is 13.0 Å². The van der Waals surface area contributed by atoms with Gasteiger partial charge in [-0.3, -0.25) is 4.79 Å². The lowest BCUT2D eigenvalue weighted by molar-refractivity contribution is -0.120. The van der Waals surface area contributed by atoms with Gasteiger partial charge in [-0.2, -0.15) is 0 Å². The molecule has 0 rings (SSSR count). The number of carbonyl (C=O) groups is 1. The number of hydrogen-bond donors (Lipinski definition) is 3. The third kappa shape index (κ3) is 5.52. The lowest BCUT2D eigenvalue weighted by Crippen LogP contribution is -2.26. The van der Waals surface area contributed by atoms with Gasteiger partial charge in [0.1, 0.15) is 5.88 Å². The first-order valence-electron chi connectivity index (χ1n) is 2.75. The first-order valence-corrected chi connectivity index (χ1v) is 4.11. The molecule has 0 aliphatic carbocycles. The molecule has 3 N–H and O–H groups in total. The molecular formula is C4H10N2O3S. The highest BCUT2D eigenvalue weighted by Crippen LogP contribution is 1.72. The molecule has 60 valence electrons. The minimum absolute atomic E-state index is 0.170. The van der Waals surface area contributed by atoms with Gasteiger partial charge in [0.05, 0.1) is 0 Å². The van der Waals surface area contributed by atoms with Crippen molar-refractivity contribution in [1.29, 1.82) is 0 Å². The molecule has 0 aromatic rings. The Labute approximate surface area is 60.5 Å². The van der Waals surface area contributed by atoms with Gasteiger partial charge in [-0.05, 0) is 0 Å². The number of nitrogens with one attached hydrogen (secondary N) is 1. The van der Waals surface area contributed by atoms with E-state index in [1.54, 1.807) is 0 Å². The second-order valence-electron chi connectivity index (χ2n) is 1.63. The first kappa shape index (κ1) is 9.38. The van der Waals surface area contributed by atoms with E-state index in [1.165, 1.54) is 0 Å². The van der Waals surface area contributed by atoms with Gasteiger partial charge in [0.2, 0.25) is 5.91 Å². The molecule has 0 saturated carbocycles. The van der Waals surface area contributed by atoms with Crippen LogP contribution in [0.3, 0.4) is 0 Å². The molecule has 0 bridgehead atoms. The van der Waals surface area contributed by atoms with E-state index in [1.807, 2.05) is 0 Å². The molecule has 0 spiro atoms. The van der Waals surface area contributed by atoms with E-state index in [9.17, 15) is 13.2 Å². The molecule has 10 heavy (non-hydrogen) atoms. The fourth-order valence-electron chi connectivity index (χ4n) is 0.372. The third-order valence-electron chi connectivity index (χ3n) is 0.777. The summed E-state index contributed by atoms with van der Waals surface area (Å²) >= 11 is 0. The van der Waals surface area contributed by atoms with E-state index in [0.29, 0.717) is 0 Å². The molecule has 5 nitrogen and oxygen atoms in total. The maximum Gasteiger partial charge on any atom is 0.222 e. The minimum atomic E-state index is -2.52. The molecule has 0 aromatic heterocycles. The summed E-state index contributed by atoms with van der Waals surface area (Å²) in [6.45, 7) is 0.238. The van der Waals surface area contributed by atoms with Gasteiger partial charge in [-0.25, -0.2) is 8.42 Å². The van der Waals surface area contributed by atoms with Crippen LogP contribution in [0.2, 0.25) is 0 Å². The molecular weight excluding hydrogens is 156 g/mol. The van der Waals surface area contributed by atoms with Crippen molar-refractivity contribution in [1.82, 2.24) is 5.32 Å². The second kappa shape index (κ2) is 5.19. The van der Waals surface area contributed by atoms with E-state index in [0.717, 1.165) is 0 Å². The van der Waals surface area contributed by atoms with Crippen LogP contribution in [0.4, 0.5) is 0 Å². The number of amides is 1. The molecule has 1 amide bonds. The zero-order valence-corrected chi connectivity index (χ0v) is 6.27. The monoisotopic (exact) mass is 166 g/mol. The molecule has 0 unspecified atom stereocenters. The van der Waals surface area contributed by atoms with Crippen LogP contribution >= 0.6 is 0 Å². The summed E-state index contributed by atoms with van der Waals surface area (Å²) in [7, 11) is -2.52. The van der Waals surface area contributed by atoms with Gasteiger partial charge in [0.15, 0.2) is 10.7 Å². The molecule has 6 heteroatoms. The summed E-state index contributed by atoms with van der Waals surface area (Å²) in [6.07, 6.45) is 0.170. The van der Waals surface area contributed by atoms with Gasteiger partial charge < -0.3 is 11.1 Å². The molecule has 0 aromatic carbocycles. The maximum absolute atomic E-state index is 10.5. The Kier molecular flexibility index (Phi) is 4.87. The van der Waals surface area contributed by atoms with Crippen molar-refractivity contribution < 1.29 is 13.2 Å². The fraction of sp³-hybridized carbons (Fsp3) is 0.750. The second-order valence-corrected chi connectivity index (χ2v) is 2.61. The summed E-state index contributed by atoms with van der Waals surface area (Å²) in [6, 6.07) is 0. The van der Waals surface area contributed by atoms with Crippen molar-refractivity contribution in [2.75, 3.05) is 12.4 Å². The van der Waals surface area contributed by atoms with Crippen molar-refractivity contribution in [2.45, 2.75) is 6.42 Å². The van der Waals surface area contributed by atoms with Gasteiger partial charge >= 0.3 is 0 Å². The average Bonchev–Trinajstić information content (AvgIpc) is 1.85. The normalized spacial score (nSPS) is 9.80. The maximum atomic E-state index is 10.5. The Balaban J connectivity index is 3.40. The van der Waals surface area contributed by atoms with Crippen LogP contribution in [0.5, 0.6) is 0 Å². The first-order chi connectivity index (χ1) is 4.66. The summed E-state index contributed by atoms with van der Waals surface area (Å²) in [5.74, 6) is -0.629.